The van der Waals surface area contributed by atoms with E-state index in [1.807, 2.05) is 25.6 Å². The molecule has 0 aromatic rings. The largest absolute Gasteiger partial charge is 0.305 e. The second-order valence-corrected chi connectivity index (χ2v) is 6.42. The Labute approximate surface area is 98.6 Å². The molecule has 0 aromatic heterocycles. The first-order valence-corrected chi connectivity index (χ1v) is 6.80. The molecule has 0 amide bonds. The molecule has 0 unspecified atom stereocenters. The molecule has 0 radical (unpaired) electrons. The van der Waals surface area contributed by atoms with Crippen LogP contribution in [0.15, 0.2) is 0 Å². The van der Waals surface area contributed by atoms with Crippen molar-refractivity contribution in [2.24, 2.45) is 5.92 Å². The van der Waals surface area contributed by atoms with Crippen molar-refractivity contribution in [1.29, 1.82) is 0 Å². The Bertz CT molecular complexity index is 190. The molecule has 2 nitrogen and oxygen atoms in total. The van der Waals surface area contributed by atoms with Gasteiger partial charge in [-0.3, -0.25) is 4.79 Å². The molecular weight excluding hydrogens is 206 g/mol. The van der Waals surface area contributed by atoms with E-state index >= 15 is 0 Å². The minimum atomic E-state index is 0.0115. The third-order valence-electron chi connectivity index (χ3n) is 2.04. The fourth-order valence-corrected chi connectivity index (χ4v) is 2.14. The van der Waals surface area contributed by atoms with E-state index in [-0.39, 0.29) is 12.0 Å². The molecule has 0 heterocycles. The number of hydrogen-bond donors (Lipinski definition) is 1. The third kappa shape index (κ3) is 6.96. The number of nitrogens with one attached hydrogen (secondary N) is 1. The molecule has 0 bridgehead atoms. The van der Waals surface area contributed by atoms with Crippen LogP contribution in [0.1, 0.15) is 41.5 Å². The monoisotopic (exact) mass is 231 g/mol. The normalized spacial score (nSPS) is 13.9. The zero-order valence-corrected chi connectivity index (χ0v) is 11.6. The smallest absolute Gasteiger partial charge is 0.153 e. The standard InChI is InChI=1S/C12H25NOS/c1-8(2)12(14)11(13-9(3)4)7-15-10(5)6/h8-11,13H,7H2,1-6H3/t11-/m0/s1. The summed E-state index contributed by atoms with van der Waals surface area (Å²) in [6.07, 6.45) is 0. The third-order valence-corrected chi connectivity index (χ3v) is 3.24. The number of ketones is 1. The zero-order chi connectivity index (χ0) is 12.0. The van der Waals surface area contributed by atoms with E-state index in [9.17, 15) is 4.79 Å². The van der Waals surface area contributed by atoms with E-state index in [1.54, 1.807) is 0 Å². The van der Waals surface area contributed by atoms with Crippen LogP contribution < -0.4 is 5.32 Å². The van der Waals surface area contributed by atoms with E-state index in [4.69, 9.17) is 0 Å². The second-order valence-electron chi connectivity index (χ2n) is 4.81. The molecule has 0 saturated carbocycles. The molecule has 0 rings (SSSR count). The average molecular weight is 231 g/mol. The molecule has 0 spiro atoms. The molecular formula is C12H25NOS. The van der Waals surface area contributed by atoms with E-state index in [0.29, 0.717) is 17.1 Å². The first-order valence-electron chi connectivity index (χ1n) is 5.76. The molecule has 0 aliphatic rings. The highest BCUT2D eigenvalue weighted by molar-refractivity contribution is 7.99. The summed E-state index contributed by atoms with van der Waals surface area (Å²) < 4.78 is 0. The van der Waals surface area contributed by atoms with Crippen molar-refractivity contribution in [2.45, 2.75) is 58.9 Å². The van der Waals surface area contributed by atoms with Gasteiger partial charge >= 0.3 is 0 Å². The van der Waals surface area contributed by atoms with Gasteiger partial charge in [0.15, 0.2) is 5.78 Å². The van der Waals surface area contributed by atoms with Gasteiger partial charge in [0.1, 0.15) is 0 Å². The SMILES string of the molecule is CC(C)N[C@@H](CSC(C)C)C(=O)C(C)C. The first-order chi connectivity index (χ1) is 6.84. The lowest BCUT2D eigenvalue weighted by atomic mass is 10.0. The number of rotatable bonds is 7. The summed E-state index contributed by atoms with van der Waals surface area (Å²) in [6.45, 7) is 12.4. The minimum Gasteiger partial charge on any atom is -0.305 e. The molecule has 90 valence electrons. The maximum atomic E-state index is 11.9. The van der Waals surface area contributed by atoms with Gasteiger partial charge in [-0.1, -0.05) is 41.5 Å². The summed E-state index contributed by atoms with van der Waals surface area (Å²) in [5.41, 5.74) is 0. The van der Waals surface area contributed by atoms with E-state index < -0.39 is 0 Å². The van der Waals surface area contributed by atoms with Gasteiger partial charge in [-0.15, -0.1) is 0 Å². The van der Waals surface area contributed by atoms with Crippen LogP contribution in [0, 0.1) is 5.92 Å². The second kappa shape index (κ2) is 7.29. The van der Waals surface area contributed by atoms with Crippen molar-refractivity contribution >= 4 is 17.5 Å². The molecule has 0 fully saturated rings. The highest BCUT2D eigenvalue weighted by atomic mass is 32.2. The molecule has 0 aliphatic carbocycles. The average Bonchev–Trinajstić information content (AvgIpc) is 2.10. The predicted octanol–water partition coefficient (Wildman–Crippen LogP) is 2.72. The number of Topliss-reactive ketones (excluding diaryl/α,β-unsaturated/α-hetero) is 1. The van der Waals surface area contributed by atoms with Gasteiger partial charge in [-0.05, 0) is 5.25 Å². The fraction of sp³-hybridized carbons (Fsp3) is 0.917. The highest BCUT2D eigenvalue weighted by Crippen LogP contribution is 2.13. The molecule has 15 heavy (non-hydrogen) atoms. The summed E-state index contributed by atoms with van der Waals surface area (Å²) in [4.78, 5) is 11.9. The first kappa shape index (κ1) is 15.0. The van der Waals surface area contributed by atoms with Crippen molar-refractivity contribution in [2.75, 3.05) is 5.75 Å². The highest BCUT2D eigenvalue weighted by Gasteiger charge is 2.21. The van der Waals surface area contributed by atoms with Crippen molar-refractivity contribution in [3.8, 4) is 0 Å². The summed E-state index contributed by atoms with van der Waals surface area (Å²) >= 11 is 1.84. The van der Waals surface area contributed by atoms with Gasteiger partial charge in [0, 0.05) is 17.7 Å². The number of carbonyl (C=O) groups is 1. The van der Waals surface area contributed by atoms with Crippen LogP contribution in [0.5, 0.6) is 0 Å². The topological polar surface area (TPSA) is 29.1 Å². The Morgan fingerprint density at radius 1 is 1.13 bits per heavy atom. The lowest BCUT2D eigenvalue weighted by Gasteiger charge is -2.22. The lowest BCUT2D eigenvalue weighted by molar-refractivity contribution is -0.123. The number of hydrogen-bond acceptors (Lipinski definition) is 3. The minimum absolute atomic E-state index is 0.0115. The molecule has 3 heteroatoms. The molecule has 0 aliphatic heterocycles. The Morgan fingerprint density at radius 3 is 2.00 bits per heavy atom. The van der Waals surface area contributed by atoms with Crippen molar-refractivity contribution in [1.82, 2.24) is 5.32 Å². The maximum absolute atomic E-state index is 11.9. The lowest BCUT2D eigenvalue weighted by Crippen LogP contribution is -2.44. The Kier molecular flexibility index (Phi) is 7.28. The van der Waals surface area contributed by atoms with Gasteiger partial charge in [0.05, 0.1) is 6.04 Å². The van der Waals surface area contributed by atoms with Crippen molar-refractivity contribution in [3.05, 3.63) is 0 Å². The van der Waals surface area contributed by atoms with Crippen LogP contribution in [0.2, 0.25) is 0 Å². The van der Waals surface area contributed by atoms with Crippen molar-refractivity contribution < 1.29 is 4.79 Å². The van der Waals surface area contributed by atoms with Crippen LogP contribution in [-0.4, -0.2) is 28.9 Å². The van der Waals surface area contributed by atoms with Gasteiger partial charge < -0.3 is 5.32 Å². The van der Waals surface area contributed by atoms with Crippen LogP contribution in [0.3, 0.4) is 0 Å². The van der Waals surface area contributed by atoms with Gasteiger partial charge in [0.25, 0.3) is 0 Å². The summed E-state index contributed by atoms with van der Waals surface area (Å²) in [7, 11) is 0. The van der Waals surface area contributed by atoms with E-state index in [2.05, 4.69) is 33.0 Å². The van der Waals surface area contributed by atoms with Crippen molar-refractivity contribution in [3.63, 3.8) is 0 Å². The molecule has 0 aromatic carbocycles. The Hall–Kier alpha value is -0.0200. The summed E-state index contributed by atoms with van der Waals surface area (Å²) in [5.74, 6) is 1.33. The zero-order valence-electron chi connectivity index (χ0n) is 10.8. The van der Waals surface area contributed by atoms with Gasteiger partial charge in [-0.25, -0.2) is 0 Å². The Morgan fingerprint density at radius 2 is 1.67 bits per heavy atom. The summed E-state index contributed by atoms with van der Waals surface area (Å²) in [6, 6.07) is 0.378. The fourth-order valence-electron chi connectivity index (χ4n) is 1.31. The Balaban J connectivity index is 4.24. The van der Waals surface area contributed by atoms with Crippen LogP contribution in [0.4, 0.5) is 0 Å². The molecule has 1 atom stereocenters. The van der Waals surface area contributed by atoms with Gasteiger partial charge in [-0.2, -0.15) is 11.8 Å². The number of carbonyl (C=O) groups excluding carboxylic acids is 1. The number of thioether (sulfide) groups is 1. The quantitative estimate of drug-likeness (QED) is 0.730. The predicted molar refractivity (Wildman–Crippen MR) is 69.5 cm³/mol. The maximum Gasteiger partial charge on any atom is 0.153 e. The van der Waals surface area contributed by atoms with Gasteiger partial charge in [0.2, 0.25) is 0 Å². The van der Waals surface area contributed by atoms with E-state index in [0.717, 1.165) is 5.75 Å². The van der Waals surface area contributed by atoms with Crippen LogP contribution in [0.25, 0.3) is 0 Å². The summed E-state index contributed by atoms with van der Waals surface area (Å²) in [5, 5.41) is 3.93. The molecule has 1 N–H and O–H groups in total. The van der Waals surface area contributed by atoms with E-state index in [1.165, 1.54) is 0 Å². The van der Waals surface area contributed by atoms with Crippen LogP contribution in [-0.2, 0) is 4.79 Å². The molecule has 0 saturated heterocycles. The van der Waals surface area contributed by atoms with Crippen LogP contribution >= 0.6 is 11.8 Å².